The van der Waals surface area contributed by atoms with Crippen LogP contribution in [0, 0.1) is 0 Å². The first-order chi connectivity index (χ1) is 11.9. The summed E-state index contributed by atoms with van der Waals surface area (Å²) in [6, 6.07) is 7.79. The van der Waals surface area contributed by atoms with E-state index in [0.29, 0.717) is 5.92 Å². The lowest BCUT2D eigenvalue weighted by Gasteiger charge is -2.31. The van der Waals surface area contributed by atoms with Gasteiger partial charge in [-0.2, -0.15) is 0 Å². The Morgan fingerprint density at radius 1 is 1.08 bits per heavy atom. The lowest BCUT2D eigenvalue weighted by molar-refractivity contribution is 0.495. The number of piperidine rings is 1. The lowest BCUT2D eigenvalue weighted by Crippen LogP contribution is -2.33. The van der Waals surface area contributed by atoms with E-state index in [0.717, 1.165) is 42.7 Å². The summed E-state index contributed by atoms with van der Waals surface area (Å²) in [5.41, 5.74) is 1.18. The molecule has 24 heavy (non-hydrogen) atoms. The van der Waals surface area contributed by atoms with Crippen molar-refractivity contribution in [2.24, 2.45) is 0 Å². The molecule has 0 aliphatic carbocycles. The summed E-state index contributed by atoms with van der Waals surface area (Å²) in [4.78, 5) is 19.7. The maximum atomic E-state index is 4.75. The van der Waals surface area contributed by atoms with Crippen LogP contribution >= 0.6 is 11.3 Å². The highest BCUT2D eigenvalue weighted by molar-refractivity contribution is 7.13. The summed E-state index contributed by atoms with van der Waals surface area (Å²) >= 11 is 1.64. The van der Waals surface area contributed by atoms with Crippen LogP contribution in [0.15, 0.2) is 48.4 Å². The minimum absolute atomic E-state index is 0.513. The Bertz CT molecular complexity index is 768. The quantitative estimate of drug-likeness (QED) is 0.786. The molecule has 0 atom stereocenters. The molecule has 0 radical (unpaired) electrons. The van der Waals surface area contributed by atoms with Gasteiger partial charge in [0.1, 0.15) is 18.0 Å². The van der Waals surface area contributed by atoms with E-state index in [4.69, 9.17) is 4.98 Å². The molecule has 3 aromatic heterocycles. The van der Waals surface area contributed by atoms with E-state index in [1.54, 1.807) is 30.1 Å². The molecule has 4 heterocycles. The highest BCUT2D eigenvalue weighted by atomic mass is 32.1. The van der Waals surface area contributed by atoms with E-state index in [9.17, 15) is 0 Å². The molecule has 1 N–H and O–H groups in total. The third-order valence-corrected chi connectivity index (χ3v) is 5.00. The summed E-state index contributed by atoms with van der Waals surface area (Å²) in [6.07, 6.45) is 7.37. The molecule has 0 bridgehead atoms. The van der Waals surface area contributed by atoms with Crippen molar-refractivity contribution < 1.29 is 0 Å². The van der Waals surface area contributed by atoms with Crippen molar-refractivity contribution in [1.29, 1.82) is 0 Å². The second-order valence-corrected chi connectivity index (χ2v) is 6.60. The van der Waals surface area contributed by atoms with Crippen LogP contribution in [-0.2, 0) is 0 Å². The Hall–Kier alpha value is -2.54. The Morgan fingerprint density at radius 3 is 2.75 bits per heavy atom. The predicted molar refractivity (Wildman–Crippen MR) is 95.9 cm³/mol. The van der Waals surface area contributed by atoms with Crippen LogP contribution in [-0.4, -0.2) is 33.0 Å². The van der Waals surface area contributed by atoms with Gasteiger partial charge in [-0.1, -0.05) is 6.07 Å². The zero-order valence-electron chi connectivity index (χ0n) is 13.2. The van der Waals surface area contributed by atoms with Gasteiger partial charge in [0.2, 0.25) is 0 Å². The molecule has 1 aliphatic rings. The van der Waals surface area contributed by atoms with Crippen LogP contribution in [0.1, 0.15) is 24.5 Å². The zero-order valence-corrected chi connectivity index (χ0v) is 14.0. The minimum atomic E-state index is 0.513. The number of rotatable bonds is 4. The van der Waals surface area contributed by atoms with Crippen molar-refractivity contribution >= 4 is 28.1 Å². The van der Waals surface area contributed by atoms with E-state index < -0.39 is 0 Å². The number of nitrogens with one attached hydrogen (secondary N) is 1. The van der Waals surface area contributed by atoms with Crippen LogP contribution in [0.3, 0.4) is 0 Å². The van der Waals surface area contributed by atoms with Gasteiger partial charge in [-0.3, -0.25) is 0 Å². The fourth-order valence-corrected chi connectivity index (χ4v) is 3.75. The van der Waals surface area contributed by atoms with Gasteiger partial charge in [0.05, 0.1) is 5.69 Å². The second-order valence-electron chi connectivity index (χ2n) is 5.75. The van der Waals surface area contributed by atoms with E-state index in [1.807, 2.05) is 24.3 Å². The Labute approximate surface area is 144 Å². The smallest absolute Gasteiger partial charge is 0.188 e. The molecule has 7 heteroatoms. The molecule has 1 aliphatic heterocycles. The summed E-state index contributed by atoms with van der Waals surface area (Å²) in [6.45, 7) is 2.00. The first-order valence-corrected chi connectivity index (χ1v) is 8.91. The number of anilines is 3. The van der Waals surface area contributed by atoms with Crippen molar-refractivity contribution in [3.05, 3.63) is 54.1 Å². The predicted octanol–water partition coefficient (Wildman–Crippen LogP) is 3.46. The summed E-state index contributed by atoms with van der Waals surface area (Å²) in [5.74, 6) is 2.36. The maximum Gasteiger partial charge on any atom is 0.188 e. The van der Waals surface area contributed by atoms with Crippen molar-refractivity contribution in [2.45, 2.75) is 18.8 Å². The Balaban J connectivity index is 1.38. The molecule has 4 rings (SSSR count). The number of thiazole rings is 1. The average molecular weight is 338 g/mol. The molecule has 6 nitrogen and oxygen atoms in total. The van der Waals surface area contributed by atoms with E-state index in [2.05, 4.69) is 30.5 Å². The van der Waals surface area contributed by atoms with E-state index in [1.165, 1.54) is 5.69 Å². The van der Waals surface area contributed by atoms with Gasteiger partial charge in [-0.25, -0.2) is 19.9 Å². The Kier molecular flexibility index (Phi) is 4.33. The van der Waals surface area contributed by atoms with E-state index >= 15 is 0 Å². The first kappa shape index (κ1) is 15.0. The van der Waals surface area contributed by atoms with Gasteiger partial charge in [0.15, 0.2) is 5.13 Å². The molecular weight excluding hydrogens is 320 g/mol. The van der Waals surface area contributed by atoms with Gasteiger partial charge >= 0.3 is 0 Å². The fraction of sp³-hybridized carbons (Fsp3) is 0.294. The van der Waals surface area contributed by atoms with Gasteiger partial charge in [0, 0.05) is 36.8 Å². The SMILES string of the molecule is c1ccc(Nc2nc(C3CCN(c4ccncn4)CC3)cs2)nc1. The Morgan fingerprint density at radius 2 is 2.00 bits per heavy atom. The minimum Gasteiger partial charge on any atom is -0.356 e. The standard InChI is InChI=1S/C17H18N6S/c1-2-7-19-15(3-1)22-17-21-14(11-24-17)13-5-9-23(10-6-13)16-4-8-18-12-20-16/h1-4,7-8,11-13H,5-6,9-10H2,(H,19,21,22). The van der Waals surface area contributed by atoms with Crippen molar-refractivity contribution in [3.63, 3.8) is 0 Å². The number of aromatic nitrogens is 4. The van der Waals surface area contributed by atoms with Crippen LogP contribution in [0.5, 0.6) is 0 Å². The van der Waals surface area contributed by atoms with Gasteiger partial charge in [-0.05, 0) is 31.0 Å². The molecule has 122 valence electrons. The molecule has 1 saturated heterocycles. The number of hydrogen-bond acceptors (Lipinski definition) is 7. The zero-order chi connectivity index (χ0) is 16.2. The monoisotopic (exact) mass is 338 g/mol. The highest BCUT2D eigenvalue weighted by Crippen LogP contribution is 2.32. The van der Waals surface area contributed by atoms with Crippen LogP contribution in [0.4, 0.5) is 16.8 Å². The molecule has 0 saturated carbocycles. The number of hydrogen-bond donors (Lipinski definition) is 1. The molecule has 0 unspecified atom stereocenters. The van der Waals surface area contributed by atoms with Crippen LogP contribution < -0.4 is 10.2 Å². The number of nitrogens with zero attached hydrogens (tertiary/aromatic N) is 5. The van der Waals surface area contributed by atoms with Crippen LogP contribution in [0.25, 0.3) is 0 Å². The third-order valence-electron chi connectivity index (χ3n) is 4.23. The maximum absolute atomic E-state index is 4.75. The first-order valence-electron chi connectivity index (χ1n) is 8.03. The van der Waals surface area contributed by atoms with Gasteiger partial charge < -0.3 is 10.2 Å². The largest absolute Gasteiger partial charge is 0.356 e. The van der Waals surface area contributed by atoms with Crippen molar-refractivity contribution in [3.8, 4) is 0 Å². The normalized spacial score (nSPS) is 15.4. The molecule has 0 amide bonds. The highest BCUT2D eigenvalue weighted by Gasteiger charge is 2.23. The second kappa shape index (κ2) is 6.92. The molecule has 0 spiro atoms. The van der Waals surface area contributed by atoms with Gasteiger partial charge in [0.25, 0.3) is 0 Å². The number of pyridine rings is 1. The van der Waals surface area contributed by atoms with Crippen LogP contribution in [0.2, 0.25) is 0 Å². The molecule has 0 aromatic carbocycles. The van der Waals surface area contributed by atoms with E-state index in [-0.39, 0.29) is 0 Å². The topological polar surface area (TPSA) is 66.8 Å². The summed E-state index contributed by atoms with van der Waals surface area (Å²) in [7, 11) is 0. The lowest BCUT2D eigenvalue weighted by atomic mass is 9.94. The van der Waals surface area contributed by atoms with Crippen molar-refractivity contribution in [2.75, 3.05) is 23.3 Å². The van der Waals surface area contributed by atoms with Gasteiger partial charge in [-0.15, -0.1) is 11.3 Å². The average Bonchev–Trinajstić information content (AvgIpc) is 3.12. The van der Waals surface area contributed by atoms with Crippen molar-refractivity contribution in [1.82, 2.24) is 19.9 Å². The molecule has 1 fully saturated rings. The summed E-state index contributed by atoms with van der Waals surface area (Å²) < 4.78 is 0. The molecular formula is C17H18N6S. The summed E-state index contributed by atoms with van der Waals surface area (Å²) in [5, 5.41) is 6.33. The molecule has 3 aromatic rings. The third kappa shape index (κ3) is 3.35. The fourth-order valence-electron chi connectivity index (χ4n) is 2.95.